The van der Waals surface area contributed by atoms with Gasteiger partial charge in [0.25, 0.3) is 0 Å². The molecule has 1 saturated heterocycles. The second kappa shape index (κ2) is 9.45. The zero-order valence-corrected chi connectivity index (χ0v) is 10.9. The molecule has 0 bridgehead atoms. The molecule has 0 N–H and O–H groups in total. The second-order valence-corrected chi connectivity index (χ2v) is 4.35. The highest BCUT2D eigenvalue weighted by Gasteiger charge is 2.17. The number of ether oxygens (including phenoxy) is 3. The van der Waals surface area contributed by atoms with Crippen LogP contribution in [-0.4, -0.2) is 57.6 Å². The highest BCUT2D eigenvalue weighted by Crippen LogP contribution is 2.09. The van der Waals surface area contributed by atoms with Crippen LogP contribution in [0.1, 0.15) is 19.3 Å². The average Bonchev–Trinajstić information content (AvgIpc) is 2.82. The van der Waals surface area contributed by atoms with Gasteiger partial charge in [0, 0.05) is 20.1 Å². The summed E-state index contributed by atoms with van der Waals surface area (Å²) in [5.41, 5.74) is 0. The summed E-state index contributed by atoms with van der Waals surface area (Å²) < 4.78 is 16.1. The first-order valence-corrected chi connectivity index (χ1v) is 6.42. The third-order valence-electron chi connectivity index (χ3n) is 2.89. The zero-order chi connectivity index (χ0) is 12.3. The van der Waals surface area contributed by atoms with Crippen molar-refractivity contribution in [3.05, 3.63) is 12.8 Å². The first-order chi connectivity index (χ1) is 8.36. The third kappa shape index (κ3) is 6.66. The molecule has 1 aliphatic rings. The predicted molar refractivity (Wildman–Crippen MR) is 68.1 cm³/mol. The number of hydrogen-bond donors (Lipinski definition) is 0. The van der Waals surface area contributed by atoms with E-state index in [1.165, 1.54) is 32.2 Å². The van der Waals surface area contributed by atoms with Crippen molar-refractivity contribution in [1.82, 2.24) is 4.90 Å². The van der Waals surface area contributed by atoms with Gasteiger partial charge in [0.05, 0.1) is 32.2 Å². The molecule has 1 atom stereocenters. The molecule has 1 rings (SSSR count). The Kier molecular flexibility index (Phi) is 8.05. The summed E-state index contributed by atoms with van der Waals surface area (Å²) in [6, 6.07) is 0. The molecule has 100 valence electrons. The molecule has 0 amide bonds. The first-order valence-electron chi connectivity index (χ1n) is 6.42. The maximum atomic E-state index is 5.81. The van der Waals surface area contributed by atoms with Crippen LogP contribution in [0.25, 0.3) is 0 Å². The van der Waals surface area contributed by atoms with E-state index in [-0.39, 0.29) is 6.10 Å². The monoisotopic (exact) mass is 243 g/mol. The summed E-state index contributed by atoms with van der Waals surface area (Å²) in [6.07, 6.45) is 5.17. The van der Waals surface area contributed by atoms with E-state index in [1.54, 1.807) is 7.11 Å². The Hall–Kier alpha value is -0.580. The Morgan fingerprint density at radius 1 is 1.29 bits per heavy atom. The summed E-state index contributed by atoms with van der Waals surface area (Å²) in [5.74, 6) is 0. The second-order valence-electron chi connectivity index (χ2n) is 4.35. The first kappa shape index (κ1) is 14.5. The smallest absolute Gasteiger partial charge is 0.0934 e. The Morgan fingerprint density at radius 3 is 2.71 bits per heavy atom. The largest absolute Gasteiger partial charge is 0.502 e. The van der Waals surface area contributed by atoms with Gasteiger partial charge in [-0.05, 0) is 25.9 Å². The third-order valence-corrected chi connectivity index (χ3v) is 2.89. The topological polar surface area (TPSA) is 30.9 Å². The van der Waals surface area contributed by atoms with E-state index >= 15 is 0 Å². The molecule has 0 aliphatic carbocycles. The van der Waals surface area contributed by atoms with Crippen LogP contribution in [0.15, 0.2) is 12.8 Å². The van der Waals surface area contributed by atoms with Crippen molar-refractivity contribution in [2.75, 3.05) is 46.6 Å². The molecule has 0 saturated carbocycles. The summed E-state index contributed by atoms with van der Waals surface area (Å²) in [6.45, 7) is 8.94. The van der Waals surface area contributed by atoms with Crippen LogP contribution in [0.5, 0.6) is 0 Å². The Morgan fingerprint density at radius 2 is 2.06 bits per heavy atom. The van der Waals surface area contributed by atoms with E-state index in [1.807, 2.05) is 0 Å². The summed E-state index contributed by atoms with van der Waals surface area (Å²) in [5, 5.41) is 0. The Labute approximate surface area is 105 Å². The molecular weight excluding hydrogens is 218 g/mol. The van der Waals surface area contributed by atoms with Crippen molar-refractivity contribution in [1.29, 1.82) is 0 Å². The molecule has 0 aromatic rings. The van der Waals surface area contributed by atoms with E-state index in [0.717, 1.165) is 19.6 Å². The normalized spacial score (nSPS) is 18.2. The molecule has 4 nitrogen and oxygen atoms in total. The fourth-order valence-electron chi connectivity index (χ4n) is 2.07. The lowest BCUT2D eigenvalue weighted by Gasteiger charge is -2.23. The maximum Gasteiger partial charge on any atom is 0.0934 e. The lowest BCUT2D eigenvalue weighted by molar-refractivity contribution is -0.0215. The molecule has 1 unspecified atom stereocenters. The van der Waals surface area contributed by atoms with Crippen molar-refractivity contribution in [2.45, 2.75) is 25.4 Å². The van der Waals surface area contributed by atoms with E-state index in [0.29, 0.717) is 13.2 Å². The lowest BCUT2D eigenvalue weighted by Crippen LogP contribution is -2.35. The average molecular weight is 243 g/mol. The summed E-state index contributed by atoms with van der Waals surface area (Å²) in [4.78, 5) is 2.45. The SMILES string of the molecule is C=COCCCOC(COC)CN1CCCC1. The number of likely N-dealkylation sites (tertiary alicyclic amines) is 1. The number of hydrogen-bond acceptors (Lipinski definition) is 4. The van der Waals surface area contributed by atoms with Crippen molar-refractivity contribution < 1.29 is 14.2 Å². The van der Waals surface area contributed by atoms with Crippen molar-refractivity contribution >= 4 is 0 Å². The van der Waals surface area contributed by atoms with Gasteiger partial charge in [-0.15, -0.1) is 0 Å². The standard InChI is InChI=1S/C13H25NO3/c1-3-16-9-6-10-17-13(12-15-2)11-14-7-4-5-8-14/h3,13H,1,4-12H2,2H3. The van der Waals surface area contributed by atoms with Gasteiger partial charge in [-0.25, -0.2) is 0 Å². The number of rotatable bonds is 10. The molecule has 1 aliphatic heterocycles. The minimum Gasteiger partial charge on any atom is -0.502 e. The van der Waals surface area contributed by atoms with Gasteiger partial charge in [-0.3, -0.25) is 0 Å². The number of nitrogens with zero attached hydrogens (tertiary/aromatic N) is 1. The molecule has 1 fully saturated rings. The van der Waals surface area contributed by atoms with Crippen LogP contribution < -0.4 is 0 Å². The molecule has 4 heteroatoms. The highest BCUT2D eigenvalue weighted by atomic mass is 16.5. The predicted octanol–water partition coefficient (Wildman–Crippen LogP) is 1.66. The van der Waals surface area contributed by atoms with Crippen molar-refractivity contribution in [3.8, 4) is 0 Å². The molecule has 17 heavy (non-hydrogen) atoms. The van der Waals surface area contributed by atoms with Gasteiger partial charge in [0.1, 0.15) is 0 Å². The van der Waals surface area contributed by atoms with Crippen LogP contribution in [0, 0.1) is 0 Å². The van der Waals surface area contributed by atoms with E-state index in [9.17, 15) is 0 Å². The molecular formula is C13H25NO3. The Bertz CT molecular complexity index is 193. The fourth-order valence-corrected chi connectivity index (χ4v) is 2.07. The van der Waals surface area contributed by atoms with Crippen LogP contribution in [0.3, 0.4) is 0 Å². The molecule has 1 heterocycles. The van der Waals surface area contributed by atoms with E-state index < -0.39 is 0 Å². The molecule has 0 aromatic heterocycles. The quantitative estimate of drug-likeness (QED) is 0.431. The van der Waals surface area contributed by atoms with E-state index in [4.69, 9.17) is 14.2 Å². The highest BCUT2D eigenvalue weighted by molar-refractivity contribution is 4.71. The maximum absolute atomic E-state index is 5.81. The van der Waals surface area contributed by atoms with Crippen LogP contribution in [-0.2, 0) is 14.2 Å². The van der Waals surface area contributed by atoms with Gasteiger partial charge >= 0.3 is 0 Å². The van der Waals surface area contributed by atoms with Gasteiger partial charge in [-0.1, -0.05) is 6.58 Å². The summed E-state index contributed by atoms with van der Waals surface area (Å²) >= 11 is 0. The zero-order valence-electron chi connectivity index (χ0n) is 10.9. The van der Waals surface area contributed by atoms with Crippen molar-refractivity contribution in [3.63, 3.8) is 0 Å². The molecule has 0 aromatic carbocycles. The molecule has 0 radical (unpaired) electrons. The van der Waals surface area contributed by atoms with Crippen LogP contribution in [0.4, 0.5) is 0 Å². The van der Waals surface area contributed by atoms with Gasteiger partial charge in [-0.2, -0.15) is 0 Å². The van der Waals surface area contributed by atoms with Crippen LogP contribution >= 0.6 is 0 Å². The van der Waals surface area contributed by atoms with E-state index in [2.05, 4.69) is 11.5 Å². The minimum atomic E-state index is 0.182. The lowest BCUT2D eigenvalue weighted by atomic mass is 10.3. The van der Waals surface area contributed by atoms with Gasteiger partial charge in [0.15, 0.2) is 0 Å². The Balaban J connectivity index is 2.10. The van der Waals surface area contributed by atoms with Crippen LogP contribution in [0.2, 0.25) is 0 Å². The fraction of sp³-hybridized carbons (Fsp3) is 0.846. The van der Waals surface area contributed by atoms with Gasteiger partial charge in [0.2, 0.25) is 0 Å². The minimum absolute atomic E-state index is 0.182. The van der Waals surface area contributed by atoms with Gasteiger partial charge < -0.3 is 19.1 Å². The summed E-state index contributed by atoms with van der Waals surface area (Å²) in [7, 11) is 1.72. The molecule has 0 spiro atoms. The number of methoxy groups -OCH3 is 1. The van der Waals surface area contributed by atoms with Crippen molar-refractivity contribution in [2.24, 2.45) is 0 Å².